The van der Waals surface area contributed by atoms with Gasteiger partial charge in [0.15, 0.2) is 0 Å². The normalized spacial score (nSPS) is 12.1. The Morgan fingerprint density at radius 1 is 1.47 bits per heavy atom. The second kappa shape index (κ2) is 6.59. The summed E-state index contributed by atoms with van der Waals surface area (Å²) >= 11 is 0. The molecule has 8 nitrogen and oxygen atoms in total. The predicted molar refractivity (Wildman–Crippen MR) is 55.9 cm³/mol. The van der Waals surface area contributed by atoms with E-state index in [-0.39, 0.29) is 19.4 Å². The van der Waals surface area contributed by atoms with E-state index >= 15 is 0 Å². The predicted octanol–water partition coefficient (Wildman–Crippen LogP) is -1.38. The zero-order valence-electron chi connectivity index (χ0n) is 9.11. The molecule has 3 N–H and O–H groups in total. The van der Waals surface area contributed by atoms with Gasteiger partial charge in [0.25, 0.3) is 0 Å². The maximum atomic E-state index is 11.4. The first kappa shape index (κ1) is 13.1. The van der Waals surface area contributed by atoms with Crippen LogP contribution in [0.1, 0.15) is 12.8 Å². The molecule has 0 spiro atoms. The quantitative estimate of drug-likeness (QED) is 0.542. The number of nitrogens with zero attached hydrogens (tertiary/aromatic N) is 3. The van der Waals surface area contributed by atoms with Crippen LogP contribution in [0, 0.1) is 0 Å². The van der Waals surface area contributed by atoms with Crippen molar-refractivity contribution in [3.63, 3.8) is 0 Å². The van der Waals surface area contributed by atoms with E-state index in [1.807, 2.05) is 0 Å². The minimum atomic E-state index is -1.16. The van der Waals surface area contributed by atoms with Gasteiger partial charge < -0.3 is 15.5 Å². The Kier molecular flexibility index (Phi) is 5.08. The lowest BCUT2D eigenvalue weighted by atomic mass is 10.2. The molecule has 1 atom stereocenters. The minimum Gasteiger partial charge on any atom is -0.480 e. The van der Waals surface area contributed by atoms with Crippen molar-refractivity contribution in [2.45, 2.75) is 25.4 Å². The summed E-state index contributed by atoms with van der Waals surface area (Å²) in [6.45, 7) is 0.0393. The summed E-state index contributed by atoms with van der Waals surface area (Å²) in [6, 6.07) is -1.05. The number of aryl methyl sites for hydroxylation is 1. The number of rotatable bonds is 7. The van der Waals surface area contributed by atoms with E-state index in [0.29, 0.717) is 6.54 Å². The molecule has 1 aromatic heterocycles. The number of amides is 1. The molecule has 0 aliphatic rings. The Hall–Kier alpha value is -1.96. The first-order valence-electron chi connectivity index (χ1n) is 5.10. The van der Waals surface area contributed by atoms with E-state index in [9.17, 15) is 9.59 Å². The Labute approximate surface area is 97.2 Å². The number of nitrogens with one attached hydrogen (secondary N) is 1. The van der Waals surface area contributed by atoms with E-state index in [0.717, 1.165) is 0 Å². The van der Waals surface area contributed by atoms with Crippen LogP contribution in [0.4, 0.5) is 0 Å². The lowest BCUT2D eigenvalue weighted by Crippen LogP contribution is -2.41. The number of carboxylic acids is 1. The number of carbonyl (C=O) groups is 2. The average Bonchev–Trinajstić information content (AvgIpc) is 2.78. The molecule has 0 aromatic carbocycles. The van der Waals surface area contributed by atoms with Gasteiger partial charge in [0.05, 0.1) is 12.7 Å². The molecule has 0 unspecified atom stereocenters. The molecule has 0 radical (unpaired) electrons. The van der Waals surface area contributed by atoms with Crippen molar-refractivity contribution in [2.24, 2.45) is 0 Å². The molecule has 0 aliphatic carbocycles. The van der Waals surface area contributed by atoms with Crippen molar-refractivity contribution in [2.75, 3.05) is 6.61 Å². The first-order valence-corrected chi connectivity index (χ1v) is 5.10. The van der Waals surface area contributed by atoms with Gasteiger partial charge in [-0.2, -0.15) is 0 Å². The standard InChI is InChI=1S/C9H14N4O4/c14-6-2-7(9(16)17)11-8(15)1-4-13-5-3-10-12-13/h3,5,7,14H,1-2,4,6H2,(H,11,15)(H,16,17)/t7-/m1/s1. The lowest BCUT2D eigenvalue weighted by Gasteiger charge is -2.12. The van der Waals surface area contributed by atoms with E-state index in [4.69, 9.17) is 10.2 Å². The van der Waals surface area contributed by atoms with Crippen molar-refractivity contribution in [1.29, 1.82) is 0 Å². The maximum Gasteiger partial charge on any atom is 0.326 e. The number of aromatic nitrogens is 3. The number of carboxylic acid groups (broad SMARTS) is 1. The highest BCUT2D eigenvalue weighted by molar-refractivity contribution is 5.83. The van der Waals surface area contributed by atoms with Crippen LogP contribution in [0.5, 0.6) is 0 Å². The molecular formula is C9H14N4O4. The number of carbonyl (C=O) groups excluding carboxylic acids is 1. The monoisotopic (exact) mass is 242 g/mol. The third kappa shape index (κ3) is 4.60. The van der Waals surface area contributed by atoms with Gasteiger partial charge in [-0.25, -0.2) is 4.79 Å². The van der Waals surface area contributed by atoms with Crippen molar-refractivity contribution < 1.29 is 19.8 Å². The second-order valence-corrected chi connectivity index (χ2v) is 3.39. The van der Waals surface area contributed by atoms with Gasteiger partial charge in [-0.15, -0.1) is 5.10 Å². The van der Waals surface area contributed by atoms with Crippen LogP contribution in [-0.4, -0.2) is 49.7 Å². The van der Waals surface area contributed by atoms with Crippen LogP contribution in [0.15, 0.2) is 12.4 Å². The van der Waals surface area contributed by atoms with Gasteiger partial charge in [0.1, 0.15) is 6.04 Å². The zero-order chi connectivity index (χ0) is 12.7. The number of aliphatic hydroxyl groups is 1. The highest BCUT2D eigenvalue weighted by Gasteiger charge is 2.18. The van der Waals surface area contributed by atoms with Crippen LogP contribution < -0.4 is 5.32 Å². The maximum absolute atomic E-state index is 11.4. The third-order valence-corrected chi connectivity index (χ3v) is 2.09. The molecule has 1 aromatic rings. The van der Waals surface area contributed by atoms with E-state index in [2.05, 4.69) is 15.6 Å². The first-order chi connectivity index (χ1) is 8.13. The molecule has 0 bridgehead atoms. The molecule has 1 amide bonds. The van der Waals surface area contributed by atoms with E-state index in [1.54, 1.807) is 6.20 Å². The van der Waals surface area contributed by atoms with Crippen molar-refractivity contribution in [1.82, 2.24) is 20.3 Å². The van der Waals surface area contributed by atoms with Crippen molar-refractivity contribution in [3.05, 3.63) is 12.4 Å². The Morgan fingerprint density at radius 2 is 2.24 bits per heavy atom. The molecular weight excluding hydrogens is 228 g/mol. The van der Waals surface area contributed by atoms with Gasteiger partial charge in [0.2, 0.25) is 5.91 Å². The topological polar surface area (TPSA) is 117 Å². The summed E-state index contributed by atoms with van der Waals surface area (Å²) in [5.41, 5.74) is 0. The molecule has 17 heavy (non-hydrogen) atoms. The van der Waals surface area contributed by atoms with E-state index < -0.39 is 17.9 Å². The molecule has 0 fully saturated rings. The second-order valence-electron chi connectivity index (χ2n) is 3.39. The number of aliphatic hydroxyl groups excluding tert-OH is 1. The average molecular weight is 242 g/mol. The summed E-state index contributed by atoms with van der Waals surface area (Å²) < 4.78 is 1.47. The summed E-state index contributed by atoms with van der Waals surface area (Å²) in [5.74, 6) is -1.56. The van der Waals surface area contributed by atoms with Gasteiger partial charge >= 0.3 is 5.97 Å². The minimum absolute atomic E-state index is 0.00953. The molecule has 0 aliphatic heterocycles. The Morgan fingerprint density at radius 3 is 2.76 bits per heavy atom. The Bertz CT molecular complexity index is 365. The third-order valence-electron chi connectivity index (χ3n) is 2.09. The summed E-state index contributed by atoms with van der Waals surface area (Å²) in [4.78, 5) is 22.1. The van der Waals surface area contributed by atoms with Crippen LogP contribution in [0.2, 0.25) is 0 Å². The van der Waals surface area contributed by atoms with Crippen molar-refractivity contribution >= 4 is 11.9 Å². The molecule has 8 heteroatoms. The van der Waals surface area contributed by atoms with Crippen LogP contribution >= 0.6 is 0 Å². The fourth-order valence-electron chi connectivity index (χ4n) is 1.22. The molecule has 94 valence electrons. The fraction of sp³-hybridized carbons (Fsp3) is 0.556. The fourth-order valence-corrected chi connectivity index (χ4v) is 1.22. The van der Waals surface area contributed by atoms with Gasteiger partial charge in [-0.3, -0.25) is 9.48 Å². The highest BCUT2D eigenvalue weighted by atomic mass is 16.4. The van der Waals surface area contributed by atoms with Gasteiger partial charge in [-0.05, 0) is 0 Å². The smallest absolute Gasteiger partial charge is 0.326 e. The van der Waals surface area contributed by atoms with Gasteiger partial charge in [-0.1, -0.05) is 5.21 Å². The molecule has 0 saturated carbocycles. The number of hydrogen-bond donors (Lipinski definition) is 3. The van der Waals surface area contributed by atoms with Crippen LogP contribution in [0.25, 0.3) is 0 Å². The number of hydrogen-bond acceptors (Lipinski definition) is 5. The SMILES string of the molecule is O=C(CCn1ccnn1)N[C@H](CCO)C(=O)O. The lowest BCUT2D eigenvalue weighted by molar-refractivity contribution is -0.142. The van der Waals surface area contributed by atoms with E-state index in [1.165, 1.54) is 10.9 Å². The number of aliphatic carboxylic acids is 1. The summed E-state index contributed by atoms with van der Waals surface area (Å²) in [5, 5.41) is 27.0. The summed E-state index contributed by atoms with van der Waals surface area (Å²) in [6.07, 6.45) is 3.20. The van der Waals surface area contributed by atoms with Gasteiger partial charge in [0, 0.05) is 25.6 Å². The molecule has 0 saturated heterocycles. The Balaban J connectivity index is 2.34. The molecule has 1 rings (SSSR count). The highest BCUT2D eigenvalue weighted by Crippen LogP contribution is 1.94. The zero-order valence-corrected chi connectivity index (χ0v) is 9.11. The van der Waals surface area contributed by atoms with Crippen molar-refractivity contribution in [3.8, 4) is 0 Å². The summed E-state index contributed by atoms with van der Waals surface area (Å²) in [7, 11) is 0. The largest absolute Gasteiger partial charge is 0.480 e. The molecule has 1 heterocycles. The van der Waals surface area contributed by atoms with Crippen LogP contribution in [0.3, 0.4) is 0 Å². The van der Waals surface area contributed by atoms with Crippen LogP contribution in [-0.2, 0) is 16.1 Å².